The Bertz CT molecular complexity index is 2340. The average Bonchev–Trinajstić information content (AvgIpc) is 3.42. The van der Waals surface area contributed by atoms with Crippen molar-refractivity contribution in [2.45, 2.75) is 0 Å². The zero-order chi connectivity index (χ0) is 30.3. The smallest absolute Gasteiger partial charge is 0.0541 e. The second kappa shape index (κ2) is 11.4. The summed E-state index contributed by atoms with van der Waals surface area (Å²) in [7, 11) is 0. The largest absolute Gasteiger partial charge is 0.309 e. The third-order valence-electron chi connectivity index (χ3n) is 8.54. The number of hydrogen-bond donors (Lipinski definition) is 0. The molecule has 0 unspecified atom stereocenters. The van der Waals surface area contributed by atoms with E-state index in [1.54, 1.807) is 0 Å². The molecule has 0 spiro atoms. The van der Waals surface area contributed by atoms with Gasteiger partial charge < -0.3 is 4.57 Å². The molecule has 0 bridgehead atoms. The first-order chi connectivity index (χ1) is 22.2. The molecule has 0 aliphatic carbocycles. The highest BCUT2D eigenvalue weighted by Gasteiger charge is 2.19. The highest BCUT2D eigenvalue weighted by molar-refractivity contribution is 6.33. The van der Waals surface area contributed by atoms with Gasteiger partial charge in [-0.2, -0.15) is 0 Å². The van der Waals surface area contributed by atoms with Crippen molar-refractivity contribution in [2.75, 3.05) is 0 Å². The first-order valence-corrected chi connectivity index (χ1v) is 15.7. The van der Waals surface area contributed by atoms with Gasteiger partial charge in [-0.25, -0.2) is 0 Å². The average molecular weight is 617 g/mol. The first kappa shape index (κ1) is 27.5. The molecule has 0 radical (unpaired) electrons. The van der Waals surface area contributed by atoms with Gasteiger partial charge in [-0.05, 0) is 99.6 Å². The molecule has 0 atom stereocenters. The first-order valence-electron chi connectivity index (χ1n) is 15.0. The Morgan fingerprint density at radius 2 is 0.956 bits per heavy atom. The van der Waals surface area contributed by atoms with E-state index in [-0.39, 0.29) is 0 Å². The Balaban J connectivity index is 1.45. The van der Waals surface area contributed by atoms with Crippen LogP contribution < -0.4 is 0 Å². The van der Waals surface area contributed by atoms with Gasteiger partial charge >= 0.3 is 0 Å². The molecule has 0 saturated heterocycles. The summed E-state index contributed by atoms with van der Waals surface area (Å²) in [6, 6.07) is 57.3. The minimum absolute atomic E-state index is 0.707. The number of hydrogen-bond acceptors (Lipinski definition) is 0. The van der Waals surface area contributed by atoms with E-state index < -0.39 is 0 Å². The quantitative estimate of drug-likeness (QED) is 0.181. The van der Waals surface area contributed by atoms with Gasteiger partial charge in [0.1, 0.15) is 0 Å². The zero-order valence-electron chi connectivity index (χ0n) is 24.3. The van der Waals surface area contributed by atoms with E-state index in [1.165, 1.54) is 21.8 Å². The fourth-order valence-electron chi connectivity index (χ4n) is 6.49. The molecule has 45 heavy (non-hydrogen) atoms. The molecular formula is C42H27Cl2N. The van der Waals surface area contributed by atoms with Crippen molar-refractivity contribution < 1.29 is 0 Å². The van der Waals surface area contributed by atoms with Crippen LogP contribution in [-0.4, -0.2) is 4.57 Å². The van der Waals surface area contributed by atoms with Gasteiger partial charge in [0.15, 0.2) is 0 Å². The summed E-state index contributed by atoms with van der Waals surface area (Å²) in [5.74, 6) is 0. The summed E-state index contributed by atoms with van der Waals surface area (Å²) >= 11 is 13.5. The van der Waals surface area contributed by atoms with Crippen molar-refractivity contribution in [3.05, 3.63) is 174 Å². The summed E-state index contributed by atoms with van der Waals surface area (Å²) in [6.45, 7) is 0. The molecule has 214 valence electrons. The Labute approximate surface area is 272 Å². The van der Waals surface area contributed by atoms with Gasteiger partial charge in [-0.15, -0.1) is 0 Å². The van der Waals surface area contributed by atoms with Crippen LogP contribution in [0.15, 0.2) is 164 Å². The number of aromatic nitrogens is 1. The Morgan fingerprint density at radius 1 is 0.356 bits per heavy atom. The minimum Gasteiger partial charge on any atom is -0.309 e. The predicted octanol–water partition coefficient (Wildman–Crippen LogP) is 12.8. The lowest BCUT2D eigenvalue weighted by molar-refractivity contribution is 1.18. The van der Waals surface area contributed by atoms with Gasteiger partial charge in [0, 0.05) is 32.1 Å². The molecule has 1 nitrogen and oxygen atoms in total. The lowest BCUT2D eigenvalue weighted by atomic mass is 9.85. The van der Waals surface area contributed by atoms with E-state index in [0.717, 1.165) is 55.2 Å². The zero-order valence-corrected chi connectivity index (χ0v) is 25.8. The van der Waals surface area contributed by atoms with E-state index in [4.69, 9.17) is 23.2 Å². The number of benzene rings is 7. The van der Waals surface area contributed by atoms with Crippen LogP contribution in [0.4, 0.5) is 0 Å². The molecule has 0 saturated carbocycles. The maximum absolute atomic E-state index is 6.92. The van der Waals surface area contributed by atoms with Crippen LogP contribution in [0.1, 0.15) is 0 Å². The summed E-state index contributed by atoms with van der Waals surface area (Å²) < 4.78 is 2.35. The number of nitrogens with zero attached hydrogens (tertiary/aromatic N) is 1. The van der Waals surface area contributed by atoms with Gasteiger partial charge in [-0.1, -0.05) is 126 Å². The highest BCUT2D eigenvalue weighted by Crippen LogP contribution is 2.45. The van der Waals surface area contributed by atoms with Crippen molar-refractivity contribution in [3.63, 3.8) is 0 Å². The summed E-state index contributed by atoms with van der Waals surface area (Å²) in [4.78, 5) is 0. The van der Waals surface area contributed by atoms with Crippen LogP contribution in [0, 0.1) is 0 Å². The molecule has 1 heterocycles. The molecule has 0 amide bonds. The number of para-hydroxylation sites is 2. The topological polar surface area (TPSA) is 4.93 Å². The van der Waals surface area contributed by atoms with Crippen LogP contribution in [0.3, 0.4) is 0 Å². The molecule has 0 fully saturated rings. The second-order valence-electron chi connectivity index (χ2n) is 11.2. The predicted molar refractivity (Wildman–Crippen MR) is 193 cm³/mol. The lowest BCUT2D eigenvalue weighted by Crippen LogP contribution is -1.94. The Kier molecular flexibility index (Phi) is 6.99. The van der Waals surface area contributed by atoms with E-state index in [9.17, 15) is 0 Å². The molecule has 7 aromatic carbocycles. The van der Waals surface area contributed by atoms with Crippen LogP contribution in [0.2, 0.25) is 10.0 Å². The maximum Gasteiger partial charge on any atom is 0.0541 e. The fourth-order valence-corrected chi connectivity index (χ4v) is 6.92. The van der Waals surface area contributed by atoms with Crippen LogP contribution in [0.25, 0.3) is 72.0 Å². The molecular weight excluding hydrogens is 589 g/mol. The third kappa shape index (κ3) is 4.91. The van der Waals surface area contributed by atoms with Crippen molar-refractivity contribution in [3.8, 4) is 50.2 Å². The Morgan fingerprint density at radius 3 is 1.76 bits per heavy atom. The van der Waals surface area contributed by atoms with Crippen molar-refractivity contribution in [2.24, 2.45) is 0 Å². The minimum atomic E-state index is 0.707. The molecule has 0 aliphatic rings. The summed E-state index contributed by atoms with van der Waals surface area (Å²) in [5, 5.41) is 3.84. The van der Waals surface area contributed by atoms with E-state index in [2.05, 4.69) is 132 Å². The van der Waals surface area contributed by atoms with Crippen molar-refractivity contribution in [1.29, 1.82) is 0 Å². The molecule has 1 aromatic heterocycles. The van der Waals surface area contributed by atoms with Crippen LogP contribution in [-0.2, 0) is 0 Å². The summed E-state index contributed by atoms with van der Waals surface area (Å²) in [6.07, 6.45) is 0. The monoisotopic (exact) mass is 615 g/mol. The second-order valence-corrected chi connectivity index (χ2v) is 12.1. The number of halogens is 2. The maximum atomic E-state index is 6.92. The number of fused-ring (bicyclic) bond motifs is 3. The van der Waals surface area contributed by atoms with E-state index in [0.29, 0.717) is 5.02 Å². The standard InChI is InChI=1S/C42H27Cl2N/c43-31-15-11-14-29(24-31)36-26-37(38(33-18-7-9-20-40(33)44)27-35(36)28-12-3-1-4-13-28)30-22-23-42-39(25-30)34-19-8-10-21-41(34)45(42)32-16-5-2-6-17-32/h1-27H. The lowest BCUT2D eigenvalue weighted by Gasteiger charge is -2.19. The summed E-state index contributed by atoms with van der Waals surface area (Å²) in [5.41, 5.74) is 12.2. The fraction of sp³-hybridized carbons (Fsp3) is 0. The molecule has 0 aliphatic heterocycles. The normalized spacial score (nSPS) is 11.3. The molecule has 8 rings (SSSR count). The van der Waals surface area contributed by atoms with Crippen LogP contribution in [0.5, 0.6) is 0 Å². The van der Waals surface area contributed by atoms with Gasteiger partial charge in [0.2, 0.25) is 0 Å². The SMILES string of the molecule is Clc1cccc(-c2cc(-c3ccc4c(c3)c3ccccc3n4-c3ccccc3)c(-c3ccccc3Cl)cc2-c2ccccc2)c1. The molecule has 3 heteroatoms. The number of rotatable bonds is 5. The Hall–Kier alpha value is -5.08. The van der Waals surface area contributed by atoms with Gasteiger partial charge in [0.25, 0.3) is 0 Å². The van der Waals surface area contributed by atoms with Crippen LogP contribution >= 0.6 is 23.2 Å². The van der Waals surface area contributed by atoms with Gasteiger partial charge in [0.05, 0.1) is 11.0 Å². The van der Waals surface area contributed by atoms with E-state index >= 15 is 0 Å². The van der Waals surface area contributed by atoms with Crippen molar-refractivity contribution in [1.82, 2.24) is 4.57 Å². The highest BCUT2D eigenvalue weighted by atomic mass is 35.5. The molecule has 0 N–H and O–H groups in total. The van der Waals surface area contributed by atoms with Crippen molar-refractivity contribution >= 4 is 45.0 Å². The van der Waals surface area contributed by atoms with Gasteiger partial charge in [-0.3, -0.25) is 0 Å². The molecule has 8 aromatic rings. The van der Waals surface area contributed by atoms with E-state index in [1.807, 2.05) is 36.4 Å². The third-order valence-corrected chi connectivity index (χ3v) is 9.10.